The largest absolute Gasteiger partial charge is 0.492 e. The first-order valence-electron chi connectivity index (χ1n) is 8.74. The first-order chi connectivity index (χ1) is 13.1. The third-order valence-electron chi connectivity index (χ3n) is 3.60. The van der Waals surface area contributed by atoms with E-state index in [0.29, 0.717) is 36.0 Å². The van der Waals surface area contributed by atoms with Crippen molar-refractivity contribution in [2.45, 2.75) is 26.5 Å². The number of nitrogens with one attached hydrogen (secondary N) is 1. The van der Waals surface area contributed by atoms with Crippen molar-refractivity contribution >= 4 is 11.6 Å². The van der Waals surface area contributed by atoms with Crippen LogP contribution in [0.4, 0.5) is 5.69 Å². The van der Waals surface area contributed by atoms with Gasteiger partial charge in [0.05, 0.1) is 18.2 Å². The zero-order valence-corrected chi connectivity index (χ0v) is 15.3. The molecule has 27 heavy (non-hydrogen) atoms. The number of amides is 1. The first-order valence-corrected chi connectivity index (χ1v) is 8.74. The van der Waals surface area contributed by atoms with Crippen LogP contribution >= 0.6 is 0 Å². The number of hydrogen-bond donors (Lipinski definition) is 1. The van der Waals surface area contributed by atoms with Crippen molar-refractivity contribution in [1.82, 2.24) is 14.8 Å². The molecule has 0 aliphatic rings. The van der Waals surface area contributed by atoms with Gasteiger partial charge in [0.25, 0.3) is 5.91 Å². The maximum atomic E-state index is 12.4. The quantitative estimate of drug-likeness (QED) is 0.661. The summed E-state index contributed by atoms with van der Waals surface area (Å²) >= 11 is 0. The van der Waals surface area contributed by atoms with Gasteiger partial charge in [0.15, 0.2) is 0 Å². The number of anilines is 1. The molecule has 0 aliphatic carbocycles. The Balaban J connectivity index is 1.55. The molecule has 1 amide bonds. The topological polar surface area (TPSA) is 78.3 Å². The van der Waals surface area contributed by atoms with Crippen LogP contribution in [0, 0.1) is 0 Å². The number of nitrogens with zero attached hydrogens (tertiary/aromatic N) is 3. The number of pyridine rings is 1. The van der Waals surface area contributed by atoms with Crippen molar-refractivity contribution in [1.29, 1.82) is 0 Å². The van der Waals surface area contributed by atoms with Gasteiger partial charge in [0, 0.05) is 36.4 Å². The van der Waals surface area contributed by atoms with Gasteiger partial charge in [0.2, 0.25) is 5.88 Å². The highest BCUT2D eigenvalue weighted by Crippen LogP contribution is 2.18. The normalized spacial score (nSPS) is 10.6. The fourth-order valence-corrected chi connectivity index (χ4v) is 2.38. The first kappa shape index (κ1) is 18.4. The molecule has 2 aromatic heterocycles. The molecule has 0 atom stereocenters. The third kappa shape index (κ3) is 5.57. The molecule has 0 spiro atoms. The highest BCUT2D eigenvalue weighted by atomic mass is 16.5. The Kier molecular flexibility index (Phi) is 6.04. The van der Waals surface area contributed by atoms with E-state index in [4.69, 9.17) is 9.47 Å². The van der Waals surface area contributed by atoms with Crippen molar-refractivity contribution in [2.75, 3.05) is 11.9 Å². The lowest BCUT2D eigenvalue weighted by Crippen LogP contribution is -2.13. The van der Waals surface area contributed by atoms with E-state index in [2.05, 4.69) is 15.4 Å². The molecular weight excluding hydrogens is 344 g/mol. The van der Waals surface area contributed by atoms with Crippen molar-refractivity contribution in [2.24, 2.45) is 0 Å². The fourth-order valence-electron chi connectivity index (χ4n) is 2.38. The number of ether oxygens (including phenoxy) is 2. The van der Waals surface area contributed by atoms with Gasteiger partial charge in [0.1, 0.15) is 12.4 Å². The molecule has 0 bridgehead atoms. The summed E-state index contributed by atoms with van der Waals surface area (Å²) in [6.07, 6.45) is 5.14. The zero-order chi connectivity index (χ0) is 19.1. The number of aromatic nitrogens is 3. The lowest BCUT2D eigenvalue weighted by Gasteiger charge is -2.10. The van der Waals surface area contributed by atoms with E-state index in [9.17, 15) is 4.79 Å². The number of benzene rings is 1. The molecule has 2 heterocycles. The highest BCUT2D eigenvalue weighted by Gasteiger charge is 2.08. The standard InChI is InChI=1S/C20H22N4O3/c1-15(2)27-19-8-7-16(14-21-19)20(25)23-17-5-3-6-18(13-17)26-12-11-24-10-4-9-22-24/h3-10,13-15H,11-12H2,1-2H3,(H,23,25). The van der Waals surface area contributed by atoms with E-state index in [1.165, 1.54) is 6.20 Å². The molecule has 0 fully saturated rings. The van der Waals surface area contributed by atoms with Gasteiger partial charge in [-0.25, -0.2) is 4.98 Å². The van der Waals surface area contributed by atoms with E-state index in [1.807, 2.05) is 44.3 Å². The smallest absolute Gasteiger partial charge is 0.257 e. The van der Waals surface area contributed by atoms with E-state index in [0.717, 1.165) is 0 Å². The van der Waals surface area contributed by atoms with Crippen molar-refractivity contribution < 1.29 is 14.3 Å². The number of carbonyl (C=O) groups excluding carboxylic acids is 1. The molecule has 0 unspecified atom stereocenters. The molecule has 0 radical (unpaired) electrons. The maximum absolute atomic E-state index is 12.4. The average Bonchev–Trinajstić information content (AvgIpc) is 3.15. The molecule has 7 heteroatoms. The predicted octanol–water partition coefficient (Wildman–Crippen LogP) is 3.40. The van der Waals surface area contributed by atoms with Gasteiger partial charge >= 0.3 is 0 Å². The Morgan fingerprint density at radius 1 is 1.22 bits per heavy atom. The summed E-state index contributed by atoms with van der Waals surface area (Å²) in [4.78, 5) is 16.5. The van der Waals surface area contributed by atoms with Gasteiger partial charge < -0.3 is 14.8 Å². The van der Waals surface area contributed by atoms with Crippen LogP contribution in [0.25, 0.3) is 0 Å². The van der Waals surface area contributed by atoms with Crippen LogP contribution < -0.4 is 14.8 Å². The van der Waals surface area contributed by atoms with Crippen molar-refractivity contribution in [3.05, 3.63) is 66.6 Å². The van der Waals surface area contributed by atoms with Gasteiger partial charge in [-0.2, -0.15) is 5.10 Å². The Bertz CT molecular complexity index is 861. The van der Waals surface area contributed by atoms with Gasteiger partial charge in [-0.1, -0.05) is 6.07 Å². The molecule has 0 aliphatic heterocycles. The number of carbonyl (C=O) groups is 1. The lowest BCUT2D eigenvalue weighted by molar-refractivity contribution is 0.102. The van der Waals surface area contributed by atoms with E-state index in [-0.39, 0.29) is 12.0 Å². The van der Waals surface area contributed by atoms with Crippen molar-refractivity contribution in [3.63, 3.8) is 0 Å². The van der Waals surface area contributed by atoms with Crippen LogP contribution in [-0.4, -0.2) is 33.4 Å². The highest BCUT2D eigenvalue weighted by molar-refractivity contribution is 6.04. The molecule has 1 aromatic carbocycles. The van der Waals surface area contributed by atoms with E-state index >= 15 is 0 Å². The molecule has 0 saturated carbocycles. The van der Waals surface area contributed by atoms with E-state index < -0.39 is 0 Å². The second kappa shape index (κ2) is 8.84. The fraction of sp³-hybridized carbons (Fsp3) is 0.250. The second-order valence-corrected chi connectivity index (χ2v) is 6.15. The summed E-state index contributed by atoms with van der Waals surface area (Å²) in [6.45, 7) is 4.99. The molecule has 3 rings (SSSR count). The summed E-state index contributed by atoms with van der Waals surface area (Å²) < 4.78 is 13.0. The maximum Gasteiger partial charge on any atom is 0.257 e. The Morgan fingerprint density at radius 2 is 2.11 bits per heavy atom. The predicted molar refractivity (Wildman–Crippen MR) is 102 cm³/mol. The molecular formula is C20H22N4O3. The Labute approximate surface area is 158 Å². The SMILES string of the molecule is CC(C)Oc1ccc(C(=O)Nc2cccc(OCCn3cccn3)c2)cn1. The van der Waals surface area contributed by atoms with Gasteiger partial charge in [-0.05, 0) is 38.1 Å². The lowest BCUT2D eigenvalue weighted by atomic mass is 10.2. The summed E-state index contributed by atoms with van der Waals surface area (Å²) in [5.74, 6) is 0.931. The molecule has 0 saturated heterocycles. The zero-order valence-electron chi connectivity index (χ0n) is 15.3. The third-order valence-corrected chi connectivity index (χ3v) is 3.60. The van der Waals surface area contributed by atoms with Crippen molar-refractivity contribution in [3.8, 4) is 11.6 Å². The van der Waals surface area contributed by atoms with Crippen LogP contribution in [0.1, 0.15) is 24.2 Å². The molecule has 140 valence electrons. The van der Waals surface area contributed by atoms with Crippen LogP contribution in [0.2, 0.25) is 0 Å². The second-order valence-electron chi connectivity index (χ2n) is 6.15. The van der Waals surface area contributed by atoms with Crippen LogP contribution in [0.5, 0.6) is 11.6 Å². The minimum absolute atomic E-state index is 0.0354. The van der Waals surface area contributed by atoms with Gasteiger partial charge in [-0.15, -0.1) is 0 Å². The molecule has 1 N–H and O–H groups in total. The molecule has 3 aromatic rings. The Hall–Kier alpha value is -3.35. The van der Waals surface area contributed by atoms with Crippen LogP contribution in [0.3, 0.4) is 0 Å². The average molecular weight is 366 g/mol. The monoisotopic (exact) mass is 366 g/mol. The number of hydrogen-bond acceptors (Lipinski definition) is 5. The molecule has 7 nitrogen and oxygen atoms in total. The summed E-state index contributed by atoms with van der Waals surface area (Å²) in [6, 6.07) is 12.5. The minimum atomic E-state index is -0.243. The van der Waals surface area contributed by atoms with Crippen LogP contribution in [0.15, 0.2) is 61.1 Å². The summed E-state index contributed by atoms with van der Waals surface area (Å²) in [5.41, 5.74) is 1.11. The summed E-state index contributed by atoms with van der Waals surface area (Å²) in [7, 11) is 0. The van der Waals surface area contributed by atoms with E-state index in [1.54, 1.807) is 29.1 Å². The Morgan fingerprint density at radius 3 is 2.81 bits per heavy atom. The summed E-state index contributed by atoms with van der Waals surface area (Å²) in [5, 5.41) is 6.97. The van der Waals surface area contributed by atoms with Gasteiger partial charge in [-0.3, -0.25) is 9.48 Å². The van der Waals surface area contributed by atoms with Crippen LogP contribution in [-0.2, 0) is 6.54 Å². The minimum Gasteiger partial charge on any atom is -0.492 e. The number of rotatable bonds is 8.